The summed E-state index contributed by atoms with van der Waals surface area (Å²) in [5, 5.41) is 31.8. The minimum absolute atomic E-state index is 0.0766. The highest BCUT2D eigenvalue weighted by Crippen LogP contribution is 2.68. The first-order valence-corrected chi connectivity index (χ1v) is 18.3. The summed E-state index contributed by atoms with van der Waals surface area (Å²) >= 11 is 0. The predicted molar refractivity (Wildman–Crippen MR) is 195 cm³/mol. The highest BCUT2D eigenvalue weighted by molar-refractivity contribution is 6.50. The molecule has 2 aromatic carbocycles. The number of allylic oxidation sites excluding steroid dienone is 2. The van der Waals surface area contributed by atoms with Gasteiger partial charge in [0.25, 0.3) is 5.69 Å². The van der Waals surface area contributed by atoms with E-state index < -0.39 is 9.85 Å². The van der Waals surface area contributed by atoms with E-state index in [-0.39, 0.29) is 22.5 Å². The Kier molecular flexibility index (Phi) is 8.64. The van der Waals surface area contributed by atoms with Gasteiger partial charge in [0.05, 0.1) is 38.7 Å². The number of rotatable bonds is 9. The van der Waals surface area contributed by atoms with Crippen LogP contribution in [0.5, 0.6) is 0 Å². The Morgan fingerprint density at radius 1 is 1.00 bits per heavy atom. The van der Waals surface area contributed by atoms with Crippen LogP contribution in [-0.4, -0.2) is 21.3 Å². The number of fused-ring (bicyclic) bond motifs is 5. The third-order valence-electron chi connectivity index (χ3n) is 13.3. The van der Waals surface area contributed by atoms with Gasteiger partial charge in [0.2, 0.25) is 0 Å². The molecule has 1 heterocycles. The fourth-order valence-electron chi connectivity index (χ4n) is 10.9. The van der Waals surface area contributed by atoms with Crippen LogP contribution in [0.2, 0.25) is 0 Å². The molecular weight excluding hydrogens is 616 g/mol. The second-order valence-corrected chi connectivity index (χ2v) is 16.4. The van der Waals surface area contributed by atoms with E-state index in [2.05, 4.69) is 51.4 Å². The van der Waals surface area contributed by atoms with Crippen LogP contribution in [-0.2, 0) is 0 Å². The lowest BCUT2D eigenvalue weighted by molar-refractivity contribution is -0.393. The lowest BCUT2D eigenvalue weighted by atomic mass is 9.46. The van der Waals surface area contributed by atoms with Gasteiger partial charge >= 0.3 is 5.69 Å². The van der Waals surface area contributed by atoms with Crippen molar-refractivity contribution in [3.05, 3.63) is 74.0 Å². The van der Waals surface area contributed by atoms with Gasteiger partial charge in [-0.15, -0.1) is 0 Å². The molecule has 3 saturated carbocycles. The van der Waals surface area contributed by atoms with Crippen molar-refractivity contribution in [2.45, 2.75) is 98.8 Å². The van der Waals surface area contributed by atoms with Gasteiger partial charge in [0, 0.05) is 17.3 Å². The summed E-state index contributed by atoms with van der Waals surface area (Å²) in [7, 11) is 0. The molecule has 2 aromatic rings. The number of nitro groups is 2. The fourth-order valence-corrected chi connectivity index (χ4v) is 10.9. The van der Waals surface area contributed by atoms with E-state index >= 15 is 0 Å². The number of aliphatic imine (C=N–C) groups is 1. The quantitative estimate of drug-likeness (QED) is 0.202. The zero-order valence-electron chi connectivity index (χ0n) is 29.5. The SMILES string of the molecule is CC(C)CCCC(C)C1CCC2C3CC4=C5C(=Nc6ccccc6N4)/C(=N/Nc4ccc([N+](=O)[O-])cc4[N+](=O)[O-])CCC5(C)C3CCC12C. The topological polar surface area (TPSA) is 135 Å². The van der Waals surface area contributed by atoms with Crippen LogP contribution in [0, 0.1) is 66.6 Å². The third-order valence-corrected chi connectivity index (χ3v) is 13.3. The van der Waals surface area contributed by atoms with Gasteiger partial charge in [-0.25, -0.2) is 4.99 Å². The summed E-state index contributed by atoms with van der Waals surface area (Å²) in [5.41, 5.74) is 8.56. The molecule has 0 aromatic heterocycles. The maximum absolute atomic E-state index is 11.9. The van der Waals surface area contributed by atoms with Gasteiger partial charge in [-0.3, -0.25) is 25.7 Å². The number of nitrogens with one attached hydrogen (secondary N) is 2. The largest absolute Gasteiger partial charge is 0.357 e. The van der Waals surface area contributed by atoms with Crippen molar-refractivity contribution in [1.29, 1.82) is 0 Å². The molecule has 7 rings (SSSR count). The van der Waals surface area contributed by atoms with Crippen molar-refractivity contribution in [1.82, 2.24) is 0 Å². The summed E-state index contributed by atoms with van der Waals surface area (Å²) in [6.45, 7) is 12.3. The molecule has 0 saturated heterocycles. The Bertz CT molecular complexity index is 1770. The van der Waals surface area contributed by atoms with Crippen molar-refractivity contribution in [2.75, 3.05) is 10.7 Å². The van der Waals surface area contributed by atoms with Crippen LogP contribution < -0.4 is 10.7 Å². The number of hydrazone groups is 1. The zero-order chi connectivity index (χ0) is 34.7. The Morgan fingerprint density at radius 3 is 2.55 bits per heavy atom. The number of non-ortho nitro benzene ring substituents is 1. The van der Waals surface area contributed by atoms with Gasteiger partial charge in [-0.1, -0.05) is 66.0 Å². The number of hydrogen-bond acceptors (Lipinski definition) is 8. The standard InChI is InChI=1S/C39H50N6O4/c1-23(2)9-8-10-24(3)27-14-15-28-26-22-34-36-37(41-31-12-7-6-11-30(31)40-34)33(18-20-39(36,5)29(26)17-19-38(27,28)4)43-42-32-16-13-25(44(46)47)21-35(32)45(48)49/h6-7,11-13,16,21,23-24,26-29,40,42H,8-10,14-15,17-20,22H2,1-5H3/b43-33+. The summed E-state index contributed by atoms with van der Waals surface area (Å²) in [6, 6.07) is 11.8. The summed E-state index contributed by atoms with van der Waals surface area (Å²) in [4.78, 5) is 27.2. The molecule has 7 unspecified atom stereocenters. The zero-order valence-corrected chi connectivity index (χ0v) is 29.5. The number of nitro benzene ring substituents is 2. The lowest BCUT2D eigenvalue weighted by Gasteiger charge is -2.59. The van der Waals surface area contributed by atoms with Gasteiger partial charge < -0.3 is 5.32 Å². The molecule has 49 heavy (non-hydrogen) atoms. The van der Waals surface area contributed by atoms with Gasteiger partial charge in [0.1, 0.15) is 5.69 Å². The van der Waals surface area contributed by atoms with Crippen LogP contribution in [0.15, 0.2) is 63.8 Å². The fraction of sp³-hybridized carbons (Fsp3) is 0.590. The maximum Gasteiger partial charge on any atom is 0.301 e. The second kappa shape index (κ2) is 12.7. The maximum atomic E-state index is 11.9. The molecule has 10 nitrogen and oxygen atoms in total. The normalized spacial score (nSPS) is 31.5. The molecule has 3 fully saturated rings. The van der Waals surface area contributed by atoms with Crippen molar-refractivity contribution in [3.8, 4) is 0 Å². The Morgan fingerprint density at radius 2 is 1.80 bits per heavy atom. The summed E-state index contributed by atoms with van der Waals surface area (Å²) < 4.78 is 0. The molecule has 0 amide bonds. The number of anilines is 2. The van der Waals surface area contributed by atoms with Crippen LogP contribution in [0.3, 0.4) is 0 Å². The van der Waals surface area contributed by atoms with Gasteiger partial charge in [-0.05, 0) is 109 Å². The number of benzene rings is 2. The number of para-hydroxylation sites is 2. The number of hydrogen-bond donors (Lipinski definition) is 2. The van der Waals surface area contributed by atoms with E-state index in [1.165, 1.54) is 68.3 Å². The molecule has 4 aliphatic carbocycles. The molecule has 10 heteroatoms. The van der Waals surface area contributed by atoms with E-state index in [9.17, 15) is 20.2 Å². The van der Waals surface area contributed by atoms with Crippen LogP contribution >= 0.6 is 0 Å². The van der Waals surface area contributed by atoms with E-state index in [0.29, 0.717) is 29.6 Å². The van der Waals surface area contributed by atoms with Crippen LogP contribution in [0.4, 0.5) is 28.4 Å². The van der Waals surface area contributed by atoms with E-state index in [1.807, 2.05) is 18.2 Å². The molecular formula is C39H50N6O4. The average molecular weight is 667 g/mol. The molecule has 7 atom stereocenters. The van der Waals surface area contributed by atoms with E-state index in [1.54, 1.807) is 0 Å². The molecule has 0 radical (unpaired) electrons. The van der Waals surface area contributed by atoms with Crippen molar-refractivity contribution in [2.24, 2.45) is 56.4 Å². The second-order valence-electron chi connectivity index (χ2n) is 16.4. The molecule has 5 aliphatic rings. The van der Waals surface area contributed by atoms with Crippen LogP contribution in [0.1, 0.15) is 98.8 Å². The van der Waals surface area contributed by atoms with Crippen LogP contribution in [0.25, 0.3) is 0 Å². The van der Waals surface area contributed by atoms with Crippen molar-refractivity contribution >= 4 is 39.9 Å². The molecule has 260 valence electrons. The molecule has 0 spiro atoms. The Hall–Kier alpha value is -4.08. The van der Waals surface area contributed by atoms with Gasteiger partial charge in [0.15, 0.2) is 0 Å². The first-order valence-electron chi connectivity index (χ1n) is 18.3. The van der Waals surface area contributed by atoms with Gasteiger partial charge in [-0.2, -0.15) is 5.10 Å². The monoisotopic (exact) mass is 666 g/mol. The first kappa shape index (κ1) is 33.4. The smallest absolute Gasteiger partial charge is 0.301 e. The Balaban J connectivity index is 1.24. The van der Waals surface area contributed by atoms with E-state index in [4.69, 9.17) is 10.1 Å². The summed E-state index contributed by atoms with van der Waals surface area (Å²) in [5.74, 6) is 4.17. The lowest BCUT2D eigenvalue weighted by Crippen LogP contribution is -2.53. The third kappa shape index (κ3) is 5.74. The number of nitrogens with zero attached hydrogens (tertiary/aromatic N) is 4. The predicted octanol–water partition coefficient (Wildman–Crippen LogP) is 10.4. The van der Waals surface area contributed by atoms with Crippen molar-refractivity contribution < 1.29 is 9.85 Å². The first-order chi connectivity index (χ1) is 23.4. The molecule has 2 N–H and O–H groups in total. The van der Waals surface area contributed by atoms with Crippen molar-refractivity contribution in [3.63, 3.8) is 0 Å². The minimum Gasteiger partial charge on any atom is -0.357 e. The molecule has 0 bridgehead atoms. The molecule has 1 aliphatic heterocycles. The average Bonchev–Trinajstić information content (AvgIpc) is 3.32. The van der Waals surface area contributed by atoms with E-state index in [0.717, 1.165) is 59.5 Å². The highest BCUT2D eigenvalue weighted by Gasteiger charge is 2.61. The highest BCUT2D eigenvalue weighted by atomic mass is 16.6. The Labute approximate surface area is 289 Å². The summed E-state index contributed by atoms with van der Waals surface area (Å²) in [6.07, 6.45) is 11.7. The minimum atomic E-state index is -0.631.